The SMILES string of the molecule is C1COC2(CN1)CNC2.Cl.Cl. The Hall–Kier alpha value is 0.460. The first-order valence-corrected chi connectivity index (χ1v) is 3.47. The minimum atomic E-state index is 0. The van der Waals surface area contributed by atoms with Crippen molar-refractivity contribution in [1.29, 1.82) is 0 Å². The maximum atomic E-state index is 5.58. The van der Waals surface area contributed by atoms with E-state index in [1.165, 1.54) is 0 Å². The van der Waals surface area contributed by atoms with Crippen molar-refractivity contribution in [2.24, 2.45) is 0 Å². The highest BCUT2D eigenvalue weighted by Crippen LogP contribution is 2.16. The average molecular weight is 201 g/mol. The first-order chi connectivity index (χ1) is 4.41. The lowest BCUT2D eigenvalue weighted by atomic mass is 9.96. The van der Waals surface area contributed by atoms with Crippen LogP contribution >= 0.6 is 24.8 Å². The zero-order valence-electron chi connectivity index (χ0n) is 6.26. The molecule has 0 bridgehead atoms. The Bertz CT molecular complexity index is 111. The van der Waals surface area contributed by atoms with Gasteiger partial charge in [0.1, 0.15) is 5.60 Å². The largest absolute Gasteiger partial charge is 0.370 e. The van der Waals surface area contributed by atoms with Gasteiger partial charge in [0.05, 0.1) is 6.61 Å². The lowest BCUT2D eigenvalue weighted by Gasteiger charge is -2.45. The van der Waals surface area contributed by atoms with Crippen molar-refractivity contribution in [2.75, 3.05) is 32.8 Å². The summed E-state index contributed by atoms with van der Waals surface area (Å²) >= 11 is 0. The first-order valence-electron chi connectivity index (χ1n) is 3.47. The third-order valence-electron chi connectivity index (χ3n) is 2.03. The summed E-state index contributed by atoms with van der Waals surface area (Å²) in [7, 11) is 0. The number of hydrogen-bond acceptors (Lipinski definition) is 3. The fraction of sp³-hybridized carbons (Fsp3) is 1.00. The number of ether oxygens (including phenoxy) is 1. The number of morpholine rings is 1. The van der Waals surface area contributed by atoms with Crippen molar-refractivity contribution in [2.45, 2.75) is 5.60 Å². The molecule has 0 unspecified atom stereocenters. The topological polar surface area (TPSA) is 33.3 Å². The van der Waals surface area contributed by atoms with E-state index in [1.54, 1.807) is 0 Å². The standard InChI is InChI=1S/C6H12N2O.2ClH/c1-2-9-6(3-7-1)4-8-5-6;;/h7-8H,1-5H2;2*1H. The minimum Gasteiger partial charge on any atom is -0.370 e. The van der Waals surface area contributed by atoms with Gasteiger partial charge in [-0.2, -0.15) is 0 Å². The molecule has 0 amide bonds. The quantitative estimate of drug-likeness (QED) is 0.569. The Morgan fingerprint density at radius 2 is 1.64 bits per heavy atom. The summed E-state index contributed by atoms with van der Waals surface area (Å²) in [5.41, 5.74) is 0.179. The molecule has 68 valence electrons. The van der Waals surface area contributed by atoms with E-state index in [0.717, 1.165) is 32.8 Å². The second-order valence-corrected chi connectivity index (χ2v) is 2.81. The molecule has 1 spiro atoms. The van der Waals surface area contributed by atoms with E-state index in [-0.39, 0.29) is 30.4 Å². The summed E-state index contributed by atoms with van der Waals surface area (Å²) in [4.78, 5) is 0. The molecule has 0 aromatic carbocycles. The molecule has 0 aliphatic carbocycles. The zero-order valence-corrected chi connectivity index (χ0v) is 7.89. The smallest absolute Gasteiger partial charge is 0.105 e. The van der Waals surface area contributed by atoms with Crippen LogP contribution in [0.1, 0.15) is 0 Å². The molecule has 11 heavy (non-hydrogen) atoms. The number of nitrogens with one attached hydrogen (secondary N) is 2. The second-order valence-electron chi connectivity index (χ2n) is 2.81. The Morgan fingerprint density at radius 3 is 1.91 bits per heavy atom. The van der Waals surface area contributed by atoms with Crippen LogP contribution in [0.4, 0.5) is 0 Å². The molecule has 2 saturated heterocycles. The zero-order chi connectivity index (χ0) is 6.16. The molecule has 0 aromatic rings. The Morgan fingerprint density at radius 1 is 1.00 bits per heavy atom. The summed E-state index contributed by atoms with van der Waals surface area (Å²) in [6, 6.07) is 0. The molecule has 0 aromatic heterocycles. The van der Waals surface area contributed by atoms with Gasteiger partial charge in [0.2, 0.25) is 0 Å². The minimum absolute atomic E-state index is 0. The molecule has 5 heteroatoms. The molecule has 0 saturated carbocycles. The van der Waals surface area contributed by atoms with E-state index in [0.29, 0.717) is 0 Å². The van der Waals surface area contributed by atoms with Crippen LogP contribution in [0.2, 0.25) is 0 Å². The highest BCUT2D eigenvalue weighted by Gasteiger charge is 2.39. The van der Waals surface area contributed by atoms with Crippen molar-refractivity contribution in [3.63, 3.8) is 0 Å². The molecular weight excluding hydrogens is 187 g/mol. The van der Waals surface area contributed by atoms with Gasteiger partial charge in [-0.3, -0.25) is 0 Å². The number of hydrogen-bond donors (Lipinski definition) is 2. The summed E-state index contributed by atoms with van der Waals surface area (Å²) in [6.45, 7) is 4.98. The van der Waals surface area contributed by atoms with Crippen LogP contribution < -0.4 is 10.6 Å². The molecule has 2 aliphatic heterocycles. The first kappa shape index (κ1) is 11.5. The van der Waals surface area contributed by atoms with Crippen molar-refractivity contribution in [1.82, 2.24) is 10.6 Å². The van der Waals surface area contributed by atoms with Gasteiger partial charge < -0.3 is 15.4 Å². The fourth-order valence-corrected chi connectivity index (χ4v) is 1.34. The van der Waals surface area contributed by atoms with Crippen molar-refractivity contribution in [3.05, 3.63) is 0 Å². The van der Waals surface area contributed by atoms with Gasteiger partial charge >= 0.3 is 0 Å². The maximum Gasteiger partial charge on any atom is 0.105 e. The predicted octanol–water partition coefficient (Wildman–Crippen LogP) is -0.208. The highest BCUT2D eigenvalue weighted by molar-refractivity contribution is 5.85. The van der Waals surface area contributed by atoms with Gasteiger partial charge in [-0.05, 0) is 0 Å². The van der Waals surface area contributed by atoms with Crippen LogP contribution in [0.5, 0.6) is 0 Å². The molecule has 0 radical (unpaired) electrons. The molecule has 2 aliphatic rings. The van der Waals surface area contributed by atoms with Gasteiger partial charge in [-0.1, -0.05) is 0 Å². The summed E-state index contributed by atoms with van der Waals surface area (Å²) in [5.74, 6) is 0. The van der Waals surface area contributed by atoms with Gasteiger partial charge in [0.25, 0.3) is 0 Å². The van der Waals surface area contributed by atoms with Crippen LogP contribution in [0.15, 0.2) is 0 Å². The fourth-order valence-electron chi connectivity index (χ4n) is 1.34. The van der Waals surface area contributed by atoms with E-state index >= 15 is 0 Å². The molecule has 2 fully saturated rings. The third kappa shape index (κ3) is 2.20. The highest BCUT2D eigenvalue weighted by atomic mass is 35.5. The Kier molecular flexibility index (Phi) is 4.66. The van der Waals surface area contributed by atoms with Crippen LogP contribution in [0, 0.1) is 0 Å². The second kappa shape index (κ2) is 4.48. The van der Waals surface area contributed by atoms with Crippen molar-refractivity contribution >= 4 is 24.8 Å². The van der Waals surface area contributed by atoms with Gasteiger partial charge in [-0.15, -0.1) is 24.8 Å². The monoisotopic (exact) mass is 200 g/mol. The Labute approximate surface area is 79.1 Å². The number of rotatable bonds is 0. The Balaban J connectivity index is 0.000000500. The lowest BCUT2D eigenvalue weighted by Crippen LogP contribution is -2.68. The average Bonchev–Trinajstić information content (AvgIpc) is 1.87. The van der Waals surface area contributed by atoms with E-state index in [9.17, 15) is 0 Å². The summed E-state index contributed by atoms with van der Waals surface area (Å²) < 4.78 is 5.58. The summed E-state index contributed by atoms with van der Waals surface area (Å²) in [6.07, 6.45) is 0. The summed E-state index contributed by atoms with van der Waals surface area (Å²) in [5, 5.41) is 6.52. The van der Waals surface area contributed by atoms with Crippen molar-refractivity contribution in [3.8, 4) is 0 Å². The number of halogens is 2. The lowest BCUT2D eigenvalue weighted by molar-refractivity contribution is -0.0971. The van der Waals surface area contributed by atoms with E-state index in [1.807, 2.05) is 0 Å². The molecule has 2 N–H and O–H groups in total. The normalized spacial score (nSPS) is 26.2. The van der Waals surface area contributed by atoms with Crippen molar-refractivity contribution < 1.29 is 4.74 Å². The molecule has 0 atom stereocenters. The van der Waals surface area contributed by atoms with Crippen LogP contribution in [-0.4, -0.2) is 38.4 Å². The molecule has 2 heterocycles. The molecule has 2 rings (SSSR count). The van der Waals surface area contributed by atoms with Gasteiger partial charge in [-0.25, -0.2) is 0 Å². The predicted molar refractivity (Wildman–Crippen MR) is 48.9 cm³/mol. The van der Waals surface area contributed by atoms with Gasteiger partial charge in [0.15, 0.2) is 0 Å². The maximum absolute atomic E-state index is 5.58. The van der Waals surface area contributed by atoms with E-state index < -0.39 is 0 Å². The molecular formula is C6H14Cl2N2O. The van der Waals surface area contributed by atoms with E-state index in [4.69, 9.17) is 4.74 Å². The van der Waals surface area contributed by atoms with Crippen LogP contribution in [-0.2, 0) is 4.74 Å². The molecule has 3 nitrogen and oxygen atoms in total. The van der Waals surface area contributed by atoms with Crippen LogP contribution in [0.25, 0.3) is 0 Å². The third-order valence-corrected chi connectivity index (χ3v) is 2.03. The van der Waals surface area contributed by atoms with Crippen LogP contribution in [0.3, 0.4) is 0 Å². The van der Waals surface area contributed by atoms with E-state index in [2.05, 4.69) is 10.6 Å². The van der Waals surface area contributed by atoms with Gasteiger partial charge in [0, 0.05) is 26.2 Å².